The Bertz CT molecular complexity index is 1670. The van der Waals surface area contributed by atoms with E-state index in [0.29, 0.717) is 5.56 Å². The van der Waals surface area contributed by atoms with E-state index < -0.39 is 0 Å². The van der Waals surface area contributed by atoms with Crippen LogP contribution in [0.5, 0.6) is 0 Å². The fourth-order valence-corrected chi connectivity index (χ4v) is 5.07. The number of benzene rings is 2. The standard InChI is InChI=1S/C31H28FN5/c1-3-33-16-20-13-21(18-34-17-20)24-14-26-29(12-19(24)2)36-37-31(26)30-15-25-22(8-5-7-11-28(25)35-30)23-9-4-6-10-27(23)32/h4-10,12-15,17-18,33,35H,3,11,16H2,1-2H3,(H,36,37). The monoisotopic (exact) mass is 489 g/mol. The van der Waals surface area contributed by atoms with Crippen molar-refractivity contribution in [1.82, 2.24) is 25.5 Å². The second-order valence-electron chi connectivity index (χ2n) is 9.41. The van der Waals surface area contributed by atoms with Gasteiger partial charge in [0.15, 0.2) is 0 Å². The Morgan fingerprint density at radius 3 is 2.78 bits per heavy atom. The van der Waals surface area contributed by atoms with Crippen LogP contribution in [0.1, 0.15) is 34.9 Å². The van der Waals surface area contributed by atoms with Crippen LogP contribution in [0.15, 0.2) is 79.2 Å². The Labute approximate surface area is 215 Å². The van der Waals surface area contributed by atoms with Crippen LogP contribution in [-0.4, -0.2) is 26.7 Å². The quantitative estimate of drug-likeness (QED) is 0.248. The molecule has 0 atom stereocenters. The van der Waals surface area contributed by atoms with Gasteiger partial charge in [-0.3, -0.25) is 10.1 Å². The van der Waals surface area contributed by atoms with Gasteiger partial charge in [0.25, 0.3) is 0 Å². The lowest BCUT2D eigenvalue weighted by Crippen LogP contribution is -2.11. The van der Waals surface area contributed by atoms with Crippen LogP contribution in [-0.2, 0) is 13.0 Å². The molecule has 6 heteroatoms. The minimum atomic E-state index is -0.229. The van der Waals surface area contributed by atoms with Crippen molar-refractivity contribution < 1.29 is 4.39 Å². The molecule has 3 N–H and O–H groups in total. The Hall–Kier alpha value is -4.29. The topological polar surface area (TPSA) is 69.4 Å². The summed E-state index contributed by atoms with van der Waals surface area (Å²) in [6.07, 6.45) is 10.6. The van der Waals surface area contributed by atoms with Gasteiger partial charge in [-0.15, -0.1) is 0 Å². The van der Waals surface area contributed by atoms with Crippen LogP contribution in [0.25, 0.3) is 39.0 Å². The number of rotatable bonds is 6. The largest absolute Gasteiger partial charge is 0.356 e. The number of hydrogen-bond donors (Lipinski definition) is 3. The van der Waals surface area contributed by atoms with Gasteiger partial charge >= 0.3 is 0 Å². The molecule has 184 valence electrons. The number of allylic oxidation sites excluding steroid dienone is 3. The number of halogens is 1. The van der Waals surface area contributed by atoms with Crippen molar-refractivity contribution in [3.05, 3.63) is 113 Å². The van der Waals surface area contributed by atoms with Crippen molar-refractivity contribution in [3.63, 3.8) is 0 Å². The SMILES string of the molecule is CCNCc1cncc(-c2cc3c(-c4cc5c([nH]4)CC=CC=C5c4ccccc4F)n[nH]c3cc2C)c1. The van der Waals surface area contributed by atoms with Gasteiger partial charge in [-0.2, -0.15) is 5.10 Å². The van der Waals surface area contributed by atoms with Crippen LogP contribution in [0.3, 0.4) is 0 Å². The molecule has 0 bridgehead atoms. The van der Waals surface area contributed by atoms with Gasteiger partial charge in [-0.05, 0) is 66.1 Å². The zero-order chi connectivity index (χ0) is 25.4. The van der Waals surface area contributed by atoms with Gasteiger partial charge in [0.05, 0.1) is 11.2 Å². The first-order valence-corrected chi connectivity index (χ1v) is 12.6. The molecule has 0 unspecified atom stereocenters. The maximum Gasteiger partial charge on any atom is 0.131 e. The lowest BCUT2D eigenvalue weighted by Gasteiger charge is -2.09. The number of pyridine rings is 1. The van der Waals surface area contributed by atoms with Crippen molar-refractivity contribution in [2.24, 2.45) is 0 Å². The molecule has 1 aliphatic rings. The van der Waals surface area contributed by atoms with Gasteiger partial charge in [0, 0.05) is 53.1 Å². The molecule has 5 nitrogen and oxygen atoms in total. The molecule has 0 radical (unpaired) electrons. The number of hydrogen-bond acceptors (Lipinski definition) is 3. The fraction of sp³-hybridized carbons (Fsp3) is 0.161. The normalized spacial score (nSPS) is 13.0. The Kier molecular flexibility index (Phi) is 6.02. The van der Waals surface area contributed by atoms with E-state index in [-0.39, 0.29) is 5.82 Å². The molecular formula is C31H28FN5. The van der Waals surface area contributed by atoms with Crippen molar-refractivity contribution in [3.8, 4) is 22.5 Å². The predicted molar refractivity (Wildman–Crippen MR) is 148 cm³/mol. The highest BCUT2D eigenvalue weighted by Crippen LogP contribution is 2.37. The van der Waals surface area contributed by atoms with E-state index in [9.17, 15) is 4.39 Å². The molecule has 0 amide bonds. The summed E-state index contributed by atoms with van der Waals surface area (Å²) in [7, 11) is 0. The van der Waals surface area contributed by atoms with E-state index in [0.717, 1.165) is 80.9 Å². The summed E-state index contributed by atoms with van der Waals surface area (Å²) < 4.78 is 14.7. The molecule has 0 saturated heterocycles. The summed E-state index contributed by atoms with van der Waals surface area (Å²) in [5.41, 5.74) is 10.7. The van der Waals surface area contributed by atoms with Crippen LogP contribution in [0.4, 0.5) is 4.39 Å². The van der Waals surface area contributed by atoms with Gasteiger partial charge in [-0.25, -0.2) is 4.39 Å². The van der Waals surface area contributed by atoms with Gasteiger partial charge in [0.2, 0.25) is 0 Å². The summed E-state index contributed by atoms with van der Waals surface area (Å²) in [4.78, 5) is 8.06. The minimum Gasteiger partial charge on any atom is -0.356 e. The van der Waals surface area contributed by atoms with Gasteiger partial charge in [-0.1, -0.05) is 43.4 Å². The number of H-pyrrole nitrogens is 2. The molecule has 0 saturated carbocycles. The van der Waals surface area contributed by atoms with Crippen molar-refractivity contribution >= 4 is 16.5 Å². The number of fused-ring (bicyclic) bond motifs is 2. The molecule has 3 aromatic heterocycles. The first-order valence-electron chi connectivity index (χ1n) is 12.6. The molecule has 0 spiro atoms. The molecule has 37 heavy (non-hydrogen) atoms. The fourth-order valence-electron chi connectivity index (χ4n) is 5.07. The third-order valence-electron chi connectivity index (χ3n) is 6.92. The maximum atomic E-state index is 14.7. The zero-order valence-corrected chi connectivity index (χ0v) is 20.9. The predicted octanol–water partition coefficient (Wildman–Crippen LogP) is 6.72. The van der Waals surface area contributed by atoms with E-state index in [4.69, 9.17) is 0 Å². The maximum absolute atomic E-state index is 14.7. The van der Waals surface area contributed by atoms with Crippen LogP contribution in [0, 0.1) is 12.7 Å². The molecule has 0 fully saturated rings. The Balaban J connectivity index is 1.44. The highest BCUT2D eigenvalue weighted by atomic mass is 19.1. The number of aromatic nitrogens is 4. The number of nitrogens with zero attached hydrogens (tertiary/aromatic N) is 2. The molecule has 6 rings (SSSR count). The van der Waals surface area contributed by atoms with Crippen LogP contribution < -0.4 is 5.32 Å². The van der Waals surface area contributed by atoms with E-state index in [1.54, 1.807) is 6.07 Å². The van der Waals surface area contributed by atoms with E-state index in [1.165, 1.54) is 6.07 Å². The van der Waals surface area contributed by atoms with Crippen LogP contribution >= 0.6 is 0 Å². The molecule has 0 aliphatic heterocycles. The second-order valence-corrected chi connectivity index (χ2v) is 9.41. The summed E-state index contributed by atoms with van der Waals surface area (Å²) in [5.74, 6) is -0.229. The zero-order valence-electron chi connectivity index (χ0n) is 20.9. The summed E-state index contributed by atoms with van der Waals surface area (Å²) in [6.45, 7) is 5.91. The highest BCUT2D eigenvalue weighted by molar-refractivity contribution is 5.97. The smallest absolute Gasteiger partial charge is 0.131 e. The third kappa shape index (κ3) is 4.30. The van der Waals surface area contributed by atoms with Crippen LogP contribution in [0.2, 0.25) is 0 Å². The third-order valence-corrected chi connectivity index (χ3v) is 6.92. The Morgan fingerprint density at radius 1 is 1.03 bits per heavy atom. The van der Waals surface area contributed by atoms with Gasteiger partial charge < -0.3 is 10.3 Å². The molecule has 1 aliphatic carbocycles. The lowest BCUT2D eigenvalue weighted by atomic mass is 9.96. The lowest BCUT2D eigenvalue weighted by molar-refractivity contribution is 0.624. The molecule has 5 aromatic rings. The first kappa shape index (κ1) is 23.1. The summed E-state index contributed by atoms with van der Waals surface area (Å²) >= 11 is 0. The summed E-state index contributed by atoms with van der Waals surface area (Å²) in [5, 5.41) is 12.3. The number of nitrogens with one attached hydrogen (secondary N) is 3. The average molecular weight is 490 g/mol. The average Bonchev–Trinajstić information content (AvgIpc) is 3.46. The van der Waals surface area contributed by atoms with Crippen molar-refractivity contribution in [1.29, 1.82) is 0 Å². The van der Waals surface area contributed by atoms with Gasteiger partial charge in [0.1, 0.15) is 11.5 Å². The highest BCUT2D eigenvalue weighted by Gasteiger charge is 2.20. The first-order chi connectivity index (χ1) is 18.1. The van der Waals surface area contributed by atoms with E-state index in [1.807, 2.05) is 36.7 Å². The summed E-state index contributed by atoms with van der Waals surface area (Å²) in [6, 6.07) is 15.5. The Morgan fingerprint density at radius 2 is 1.92 bits per heavy atom. The van der Waals surface area contributed by atoms with E-state index >= 15 is 0 Å². The van der Waals surface area contributed by atoms with Crippen molar-refractivity contribution in [2.75, 3.05) is 6.54 Å². The molecule has 3 heterocycles. The van der Waals surface area contributed by atoms with Crippen molar-refractivity contribution in [2.45, 2.75) is 26.8 Å². The number of aryl methyl sites for hydroxylation is 1. The number of aromatic amines is 2. The minimum absolute atomic E-state index is 0.229. The van der Waals surface area contributed by atoms with E-state index in [2.05, 4.69) is 69.7 Å². The molecule has 2 aromatic carbocycles. The molecular weight excluding hydrogens is 461 g/mol. The second kappa shape index (κ2) is 9.64.